The van der Waals surface area contributed by atoms with E-state index in [9.17, 15) is 13.2 Å². The van der Waals surface area contributed by atoms with Gasteiger partial charge in [-0.2, -0.15) is 13.2 Å². The molecule has 100 valence electrons. The quantitative estimate of drug-likeness (QED) is 0.843. The molecule has 0 radical (unpaired) electrons. The molecule has 2 aromatic rings. The van der Waals surface area contributed by atoms with Gasteiger partial charge in [-0.15, -0.1) is 0 Å². The van der Waals surface area contributed by atoms with E-state index in [2.05, 4.69) is 4.98 Å². The second kappa shape index (κ2) is 4.79. The molecule has 1 aromatic carbocycles. The first-order valence-electron chi connectivity index (χ1n) is 5.44. The smallest absolute Gasteiger partial charge is 0.417 e. The van der Waals surface area contributed by atoms with Crippen molar-refractivity contribution in [1.82, 2.24) is 4.98 Å². The fraction of sp³-hybridized carbons (Fsp3) is 0.154. The highest BCUT2D eigenvalue weighted by atomic mass is 19.4. The molecule has 2 rings (SSSR count). The van der Waals surface area contributed by atoms with Crippen LogP contribution in [0.25, 0.3) is 0 Å². The molecule has 0 atom stereocenters. The van der Waals surface area contributed by atoms with Crippen molar-refractivity contribution < 1.29 is 17.9 Å². The van der Waals surface area contributed by atoms with Crippen LogP contribution in [0.2, 0.25) is 0 Å². The third-order valence-corrected chi connectivity index (χ3v) is 2.51. The van der Waals surface area contributed by atoms with Crippen LogP contribution in [0.1, 0.15) is 11.1 Å². The molecule has 0 unspecified atom stereocenters. The van der Waals surface area contributed by atoms with Gasteiger partial charge < -0.3 is 10.5 Å². The highest BCUT2D eigenvalue weighted by molar-refractivity contribution is 5.57. The number of alkyl halides is 3. The van der Waals surface area contributed by atoms with Gasteiger partial charge in [-0.25, -0.2) is 4.98 Å². The average molecular weight is 268 g/mol. The number of hydrogen-bond acceptors (Lipinski definition) is 3. The standard InChI is InChI=1S/C13H11F3N2O/c1-8-3-2-4-10(17)12(8)19-11-6-5-9(7-18-11)13(14,15)16/h2-7H,17H2,1H3. The summed E-state index contributed by atoms with van der Waals surface area (Å²) in [5, 5.41) is 0. The maximum absolute atomic E-state index is 12.4. The van der Waals surface area contributed by atoms with E-state index in [-0.39, 0.29) is 5.88 Å². The number of hydrogen-bond donors (Lipinski definition) is 1. The summed E-state index contributed by atoms with van der Waals surface area (Å²) in [6.45, 7) is 1.79. The first-order valence-corrected chi connectivity index (χ1v) is 5.44. The lowest BCUT2D eigenvalue weighted by atomic mass is 10.2. The van der Waals surface area contributed by atoms with Gasteiger partial charge in [0.1, 0.15) is 0 Å². The molecule has 0 amide bonds. The molecule has 0 spiro atoms. The van der Waals surface area contributed by atoms with Crippen molar-refractivity contribution in [3.8, 4) is 11.6 Å². The molecular formula is C13H11F3N2O. The number of rotatable bonds is 2. The van der Waals surface area contributed by atoms with Crippen LogP contribution in [0.15, 0.2) is 36.5 Å². The lowest BCUT2D eigenvalue weighted by Gasteiger charge is -2.11. The first-order chi connectivity index (χ1) is 8.88. The summed E-state index contributed by atoms with van der Waals surface area (Å²) in [7, 11) is 0. The number of nitrogens with zero attached hydrogens (tertiary/aromatic N) is 1. The van der Waals surface area contributed by atoms with Gasteiger partial charge in [0.05, 0.1) is 11.3 Å². The Kier molecular flexibility index (Phi) is 3.33. The monoisotopic (exact) mass is 268 g/mol. The number of aromatic nitrogens is 1. The predicted octanol–water partition coefficient (Wildman–Crippen LogP) is 3.78. The number of nitrogens with two attached hydrogens (primary N) is 1. The SMILES string of the molecule is Cc1cccc(N)c1Oc1ccc(C(F)(F)F)cn1. The summed E-state index contributed by atoms with van der Waals surface area (Å²) in [5.41, 5.74) is 6.10. The summed E-state index contributed by atoms with van der Waals surface area (Å²) >= 11 is 0. The summed E-state index contributed by atoms with van der Waals surface area (Å²) in [6.07, 6.45) is -3.68. The minimum atomic E-state index is -4.41. The van der Waals surface area contributed by atoms with E-state index in [1.807, 2.05) is 0 Å². The van der Waals surface area contributed by atoms with Crippen molar-refractivity contribution in [2.45, 2.75) is 13.1 Å². The van der Waals surface area contributed by atoms with Crippen LogP contribution in [-0.2, 0) is 6.18 Å². The zero-order chi connectivity index (χ0) is 14.0. The van der Waals surface area contributed by atoms with E-state index >= 15 is 0 Å². The Balaban J connectivity index is 2.25. The van der Waals surface area contributed by atoms with Crippen LogP contribution in [-0.4, -0.2) is 4.98 Å². The molecule has 6 heteroatoms. The Morgan fingerprint density at radius 3 is 2.42 bits per heavy atom. The van der Waals surface area contributed by atoms with Crippen molar-refractivity contribution in [3.63, 3.8) is 0 Å². The minimum absolute atomic E-state index is 0.0639. The summed E-state index contributed by atoms with van der Waals surface area (Å²) in [4.78, 5) is 3.62. The largest absolute Gasteiger partial charge is 0.437 e. The zero-order valence-corrected chi connectivity index (χ0v) is 10.0. The van der Waals surface area contributed by atoms with Crippen LogP contribution in [0.4, 0.5) is 18.9 Å². The zero-order valence-electron chi connectivity index (χ0n) is 10.0. The molecule has 0 bridgehead atoms. The highest BCUT2D eigenvalue weighted by Crippen LogP contribution is 2.32. The lowest BCUT2D eigenvalue weighted by Crippen LogP contribution is -2.05. The molecule has 19 heavy (non-hydrogen) atoms. The third kappa shape index (κ3) is 2.96. The molecular weight excluding hydrogens is 257 g/mol. The average Bonchev–Trinajstić information content (AvgIpc) is 2.33. The molecule has 2 N–H and O–H groups in total. The van der Waals surface area contributed by atoms with Gasteiger partial charge in [0.2, 0.25) is 5.88 Å². The Morgan fingerprint density at radius 1 is 1.16 bits per heavy atom. The molecule has 1 heterocycles. The molecule has 0 aliphatic heterocycles. The van der Waals surface area contributed by atoms with Crippen molar-refractivity contribution in [2.24, 2.45) is 0 Å². The normalized spacial score (nSPS) is 11.4. The number of para-hydroxylation sites is 1. The van der Waals surface area contributed by atoms with E-state index in [0.717, 1.165) is 23.9 Å². The van der Waals surface area contributed by atoms with Crippen LogP contribution in [0.3, 0.4) is 0 Å². The number of ether oxygens (including phenoxy) is 1. The topological polar surface area (TPSA) is 48.1 Å². The van der Waals surface area contributed by atoms with Gasteiger partial charge in [0.25, 0.3) is 0 Å². The van der Waals surface area contributed by atoms with Crippen molar-refractivity contribution in [2.75, 3.05) is 5.73 Å². The van der Waals surface area contributed by atoms with Gasteiger partial charge in [0.15, 0.2) is 5.75 Å². The Bertz CT molecular complexity index is 559. The first kappa shape index (κ1) is 13.2. The predicted molar refractivity (Wildman–Crippen MR) is 64.9 cm³/mol. The molecule has 0 saturated carbocycles. The number of benzene rings is 1. The van der Waals surface area contributed by atoms with Crippen molar-refractivity contribution in [3.05, 3.63) is 47.7 Å². The van der Waals surface area contributed by atoms with Crippen molar-refractivity contribution >= 4 is 5.69 Å². The van der Waals surface area contributed by atoms with Gasteiger partial charge in [-0.05, 0) is 24.6 Å². The fourth-order valence-corrected chi connectivity index (χ4v) is 1.53. The number of nitrogen functional groups attached to an aromatic ring is 1. The van der Waals surface area contributed by atoms with E-state index in [0.29, 0.717) is 11.4 Å². The third-order valence-electron chi connectivity index (χ3n) is 2.51. The summed E-state index contributed by atoms with van der Waals surface area (Å²) in [6, 6.07) is 7.27. The van der Waals surface area contributed by atoms with E-state index in [4.69, 9.17) is 10.5 Å². The van der Waals surface area contributed by atoms with Gasteiger partial charge in [-0.1, -0.05) is 12.1 Å². The second-order valence-corrected chi connectivity index (χ2v) is 3.98. The van der Waals surface area contributed by atoms with E-state index in [1.54, 1.807) is 25.1 Å². The summed E-state index contributed by atoms with van der Waals surface area (Å²) < 4.78 is 42.5. The van der Waals surface area contributed by atoms with Crippen LogP contribution >= 0.6 is 0 Å². The van der Waals surface area contributed by atoms with Crippen molar-refractivity contribution in [1.29, 1.82) is 0 Å². The maximum Gasteiger partial charge on any atom is 0.417 e. The minimum Gasteiger partial charge on any atom is -0.437 e. The van der Waals surface area contributed by atoms with Crippen LogP contribution in [0.5, 0.6) is 11.6 Å². The van der Waals surface area contributed by atoms with Crippen LogP contribution < -0.4 is 10.5 Å². The maximum atomic E-state index is 12.4. The van der Waals surface area contributed by atoms with E-state index in [1.165, 1.54) is 0 Å². The fourth-order valence-electron chi connectivity index (χ4n) is 1.53. The Morgan fingerprint density at radius 2 is 1.89 bits per heavy atom. The number of pyridine rings is 1. The Labute approximate surface area is 107 Å². The van der Waals surface area contributed by atoms with Gasteiger partial charge in [0, 0.05) is 12.3 Å². The molecule has 1 aromatic heterocycles. The molecule has 0 aliphatic rings. The summed E-state index contributed by atoms with van der Waals surface area (Å²) in [5.74, 6) is 0.462. The molecule has 3 nitrogen and oxygen atoms in total. The van der Waals surface area contributed by atoms with Gasteiger partial charge >= 0.3 is 6.18 Å². The lowest BCUT2D eigenvalue weighted by molar-refractivity contribution is -0.137. The second-order valence-electron chi connectivity index (χ2n) is 3.98. The molecule has 0 fully saturated rings. The number of halogens is 3. The van der Waals surface area contributed by atoms with E-state index < -0.39 is 11.7 Å². The number of aryl methyl sites for hydroxylation is 1. The van der Waals surface area contributed by atoms with Gasteiger partial charge in [-0.3, -0.25) is 0 Å². The Hall–Kier alpha value is -2.24. The molecule has 0 saturated heterocycles. The highest BCUT2D eigenvalue weighted by Gasteiger charge is 2.30. The van der Waals surface area contributed by atoms with Crippen LogP contribution in [0, 0.1) is 6.92 Å². The number of anilines is 1. The molecule has 0 aliphatic carbocycles.